The fourth-order valence-corrected chi connectivity index (χ4v) is 2.26. The van der Waals surface area contributed by atoms with Crippen molar-refractivity contribution in [3.8, 4) is 0 Å². The van der Waals surface area contributed by atoms with Crippen molar-refractivity contribution in [1.82, 2.24) is 5.32 Å². The molecule has 0 aromatic heterocycles. The first-order chi connectivity index (χ1) is 8.45. The summed E-state index contributed by atoms with van der Waals surface area (Å²) in [5.74, 6) is -0.187. The quantitative estimate of drug-likeness (QED) is 0.859. The minimum absolute atomic E-state index is 0.0667. The second-order valence-corrected chi connectivity index (χ2v) is 5.05. The molecule has 2 amide bonds. The van der Waals surface area contributed by atoms with E-state index in [1.807, 2.05) is 31.2 Å². The van der Waals surface area contributed by atoms with E-state index in [4.69, 9.17) is 0 Å². The van der Waals surface area contributed by atoms with Gasteiger partial charge in [0.1, 0.15) is 12.1 Å². The van der Waals surface area contributed by atoms with Crippen molar-refractivity contribution in [3.63, 3.8) is 0 Å². The Bertz CT molecular complexity index is 494. The van der Waals surface area contributed by atoms with Gasteiger partial charge in [-0.3, -0.25) is 9.59 Å². The molecule has 1 heterocycles. The van der Waals surface area contributed by atoms with Gasteiger partial charge in [0.15, 0.2) is 0 Å². The Morgan fingerprint density at radius 3 is 2.61 bits per heavy atom. The number of para-hydroxylation sites is 1. The minimum Gasteiger partial charge on any atom is -0.341 e. The molecule has 0 unspecified atom stereocenters. The lowest BCUT2D eigenvalue weighted by molar-refractivity contribution is -0.134. The van der Waals surface area contributed by atoms with E-state index in [1.54, 1.807) is 18.7 Å². The topological polar surface area (TPSA) is 49.4 Å². The van der Waals surface area contributed by atoms with E-state index in [1.165, 1.54) is 0 Å². The number of carbonyl (C=O) groups is 2. The van der Waals surface area contributed by atoms with E-state index in [9.17, 15) is 9.59 Å². The van der Waals surface area contributed by atoms with E-state index < -0.39 is 5.54 Å². The summed E-state index contributed by atoms with van der Waals surface area (Å²) < 4.78 is 0. The molecule has 4 heteroatoms. The Labute approximate surface area is 107 Å². The molecule has 0 radical (unpaired) electrons. The van der Waals surface area contributed by atoms with E-state index >= 15 is 0 Å². The molecule has 1 aromatic rings. The molecular weight excluding hydrogens is 228 g/mol. The van der Waals surface area contributed by atoms with Crippen LogP contribution >= 0.6 is 0 Å². The first-order valence-corrected chi connectivity index (χ1v) is 6.16. The lowest BCUT2D eigenvalue weighted by atomic mass is 9.98. The molecule has 0 atom stereocenters. The van der Waals surface area contributed by atoms with Crippen molar-refractivity contribution < 1.29 is 9.59 Å². The van der Waals surface area contributed by atoms with Crippen LogP contribution in [0.2, 0.25) is 0 Å². The molecule has 18 heavy (non-hydrogen) atoms. The van der Waals surface area contributed by atoms with Gasteiger partial charge in [0.25, 0.3) is 5.91 Å². The summed E-state index contributed by atoms with van der Waals surface area (Å²) in [4.78, 5) is 25.7. The molecule has 1 aromatic carbocycles. The van der Waals surface area contributed by atoms with Crippen LogP contribution in [-0.2, 0) is 16.0 Å². The highest BCUT2D eigenvalue weighted by molar-refractivity contribution is 6.09. The Morgan fingerprint density at radius 1 is 1.28 bits per heavy atom. The average Bonchev–Trinajstić information content (AvgIpc) is 2.33. The van der Waals surface area contributed by atoms with Crippen LogP contribution in [0, 0.1) is 0 Å². The molecule has 0 aliphatic carbocycles. The number of amides is 2. The maximum atomic E-state index is 12.4. The maximum absolute atomic E-state index is 12.4. The van der Waals surface area contributed by atoms with Gasteiger partial charge in [-0.25, -0.2) is 0 Å². The molecular formula is C14H18N2O2. The van der Waals surface area contributed by atoms with Crippen LogP contribution in [0.25, 0.3) is 0 Å². The predicted octanol–water partition coefficient (Wildman–Crippen LogP) is 1.49. The number of nitrogens with zero attached hydrogens (tertiary/aromatic N) is 1. The Kier molecular flexibility index (Phi) is 3.11. The van der Waals surface area contributed by atoms with Crippen molar-refractivity contribution >= 4 is 17.5 Å². The summed E-state index contributed by atoms with van der Waals surface area (Å²) in [7, 11) is 0. The fourth-order valence-electron chi connectivity index (χ4n) is 2.26. The summed E-state index contributed by atoms with van der Waals surface area (Å²) in [5, 5.41) is 2.71. The van der Waals surface area contributed by atoms with Crippen molar-refractivity contribution in [2.75, 3.05) is 11.4 Å². The number of carbonyl (C=O) groups excluding carboxylic acids is 2. The monoisotopic (exact) mass is 246 g/mol. The normalized spacial score (nSPS) is 18.7. The van der Waals surface area contributed by atoms with E-state index in [0.717, 1.165) is 17.7 Å². The second kappa shape index (κ2) is 4.44. The zero-order valence-electron chi connectivity index (χ0n) is 11.0. The molecule has 4 nitrogen and oxygen atoms in total. The lowest BCUT2D eigenvalue weighted by Gasteiger charge is -2.38. The van der Waals surface area contributed by atoms with Gasteiger partial charge >= 0.3 is 0 Å². The number of anilines is 1. The van der Waals surface area contributed by atoms with Crippen LogP contribution in [0.5, 0.6) is 0 Å². The zero-order valence-corrected chi connectivity index (χ0v) is 11.0. The highest BCUT2D eigenvalue weighted by atomic mass is 16.2. The van der Waals surface area contributed by atoms with Crippen LogP contribution in [0.15, 0.2) is 24.3 Å². The number of hydrogen-bond donors (Lipinski definition) is 1. The number of hydrogen-bond acceptors (Lipinski definition) is 2. The summed E-state index contributed by atoms with van der Waals surface area (Å²) >= 11 is 0. The zero-order chi connectivity index (χ0) is 13.3. The Balaban J connectivity index is 2.43. The third kappa shape index (κ3) is 2.10. The van der Waals surface area contributed by atoms with Gasteiger partial charge in [0.2, 0.25) is 5.91 Å². The smallest absolute Gasteiger partial charge is 0.252 e. The molecule has 1 fully saturated rings. The van der Waals surface area contributed by atoms with E-state index in [-0.39, 0.29) is 18.4 Å². The molecule has 0 bridgehead atoms. The summed E-state index contributed by atoms with van der Waals surface area (Å²) in [5.41, 5.74) is 1.08. The molecule has 1 aliphatic rings. The molecule has 1 aliphatic heterocycles. The van der Waals surface area contributed by atoms with Crippen LogP contribution in [0.3, 0.4) is 0 Å². The largest absolute Gasteiger partial charge is 0.341 e. The first-order valence-electron chi connectivity index (χ1n) is 6.16. The van der Waals surface area contributed by atoms with E-state index in [2.05, 4.69) is 5.32 Å². The van der Waals surface area contributed by atoms with Gasteiger partial charge < -0.3 is 10.2 Å². The van der Waals surface area contributed by atoms with Crippen LogP contribution in [-0.4, -0.2) is 23.9 Å². The van der Waals surface area contributed by atoms with Gasteiger partial charge in [-0.2, -0.15) is 0 Å². The Hall–Kier alpha value is -1.84. The number of piperazine rings is 1. The van der Waals surface area contributed by atoms with Crippen molar-refractivity contribution in [3.05, 3.63) is 29.8 Å². The first kappa shape index (κ1) is 12.6. The molecule has 2 rings (SSSR count). The molecule has 0 spiro atoms. The van der Waals surface area contributed by atoms with Gasteiger partial charge in [-0.15, -0.1) is 0 Å². The van der Waals surface area contributed by atoms with Crippen LogP contribution < -0.4 is 10.2 Å². The SMILES string of the molecule is CCc1ccccc1N1CC(=O)NC(C)(C)C1=O. The van der Waals surface area contributed by atoms with Crippen molar-refractivity contribution in [1.29, 1.82) is 0 Å². The number of nitrogens with one attached hydrogen (secondary N) is 1. The summed E-state index contributed by atoms with van der Waals surface area (Å²) in [6.07, 6.45) is 0.835. The van der Waals surface area contributed by atoms with E-state index in [0.29, 0.717) is 0 Å². The molecule has 0 saturated carbocycles. The van der Waals surface area contributed by atoms with Gasteiger partial charge in [0.05, 0.1) is 0 Å². The van der Waals surface area contributed by atoms with Crippen LogP contribution in [0.1, 0.15) is 26.3 Å². The summed E-state index contributed by atoms with van der Waals surface area (Å²) in [6.45, 7) is 5.60. The maximum Gasteiger partial charge on any atom is 0.252 e. The van der Waals surface area contributed by atoms with Crippen molar-refractivity contribution in [2.24, 2.45) is 0 Å². The number of benzene rings is 1. The standard InChI is InChI=1S/C14H18N2O2/c1-4-10-7-5-6-8-11(10)16-9-12(17)15-14(2,3)13(16)18/h5-8H,4,9H2,1-3H3,(H,15,17). The van der Waals surface area contributed by atoms with Crippen molar-refractivity contribution in [2.45, 2.75) is 32.7 Å². The predicted molar refractivity (Wildman–Crippen MR) is 70.4 cm³/mol. The highest BCUT2D eigenvalue weighted by Gasteiger charge is 2.40. The molecule has 1 N–H and O–H groups in total. The average molecular weight is 246 g/mol. The van der Waals surface area contributed by atoms with Gasteiger partial charge in [-0.1, -0.05) is 25.1 Å². The lowest BCUT2D eigenvalue weighted by Crippen LogP contribution is -2.64. The van der Waals surface area contributed by atoms with Gasteiger partial charge in [-0.05, 0) is 31.9 Å². The molecule has 1 saturated heterocycles. The van der Waals surface area contributed by atoms with Gasteiger partial charge in [0, 0.05) is 5.69 Å². The highest BCUT2D eigenvalue weighted by Crippen LogP contribution is 2.25. The molecule has 96 valence electrons. The summed E-state index contributed by atoms with van der Waals surface area (Å²) in [6, 6.07) is 7.72. The number of rotatable bonds is 2. The minimum atomic E-state index is -0.837. The van der Waals surface area contributed by atoms with Crippen LogP contribution in [0.4, 0.5) is 5.69 Å². The number of aryl methyl sites for hydroxylation is 1. The third-order valence-electron chi connectivity index (χ3n) is 3.20. The Morgan fingerprint density at radius 2 is 1.94 bits per heavy atom. The fraction of sp³-hybridized carbons (Fsp3) is 0.429. The third-order valence-corrected chi connectivity index (χ3v) is 3.20. The second-order valence-electron chi connectivity index (χ2n) is 5.05.